The summed E-state index contributed by atoms with van der Waals surface area (Å²) in [6, 6.07) is 8.82. The summed E-state index contributed by atoms with van der Waals surface area (Å²) in [6.45, 7) is 2.54. The summed E-state index contributed by atoms with van der Waals surface area (Å²) in [5.74, 6) is -0.639. The molecule has 0 aliphatic carbocycles. The minimum absolute atomic E-state index is 0.0798. The Hall–Kier alpha value is -1.84. The van der Waals surface area contributed by atoms with Crippen molar-refractivity contribution in [3.8, 4) is 0 Å². The predicted molar refractivity (Wildman–Crippen MR) is 83.1 cm³/mol. The number of rotatable bonds is 10. The molecule has 0 bridgehead atoms. The molecule has 1 aromatic carbocycles. The van der Waals surface area contributed by atoms with Gasteiger partial charge in [-0.2, -0.15) is 0 Å². The Labute approximate surface area is 126 Å². The smallest absolute Gasteiger partial charge is 0.325 e. The average Bonchev–Trinajstić information content (AvgIpc) is 2.52. The minimum Gasteiger partial charge on any atom is -0.464 e. The molecule has 1 amide bonds. The summed E-state index contributed by atoms with van der Waals surface area (Å²) in [5.41, 5.74) is 0.543. The van der Waals surface area contributed by atoms with Gasteiger partial charge in [-0.3, -0.25) is 9.59 Å². The van der Waals surface area contributed by atoms with Gasteiger partial charge >= 0.3 is 5.97 Å². The molecule has 0 aromatic heterocycles. The highest BCUT2D eigenvalue weighted by molar-refractivity contribution is 5.95. The van der Waals surface area contributed by atoms with E-state index in [1.54, 1.807) is 24.3 Å². The van der Waals surface area contributed by atoms with Gasteiger partial charge in [0.1, 0.15) is 6.54 Å². The van der Waals surface area contributed by atoms with Gasteiger partial charge in [0, 0.05) is 5.56 Å². The zero-order valence-electron chi connectivity index (χ0n) is 12.8. The molecule has 0 saturated heterocycles. The monoisotopic (exact) mass is 291 g/mol. The van der Waals surface area contributed by atoms with Crippen LogP contribution in [0.25, 0.3) is 0 Å². The van der Waals surface area contributed by atoms with Crippen LogP contribution in [0.4, 0.5) is 0 Å². The molecule has 4 nitrogen and oxygen atoms in total. The fraction of sp³-hybridized carbons (Fsp3) is 0.529. The maximum Gasteiger partial charge on any atom is 0.325 e. The van der Waals surface area contributed by atoms with E-state index in [1.807, 2.05) is 6.07 Å². The first-order chi connectivity index (χ1) is 10.2. The number of amides is 1. The van der Waals surface area contributed by atoms with E-state index < -0.39 is 0 Å². The molecule has 21 heavy (non-hydrogen) atoms. The van der Waals surface area contributed by atoms with Crippen molar-refractivity contribution >= 4 is 11.9 Å². The van der Waals surface area contributed by atoms with Crippen LogP contribution in [0.1, 0.15) is 55.8 Å². The molecule has 0 unspecified atom stereocenters. The lowest BCUT2D eigenvalue weighted by Crippen LogP contribution is -2.30. The minimum atomic E-state index is -0.382. The number of hydrogen-bond acceptors (Lipinski definition) is 3. The fourth-order valence-electron chi connectivity index (χ4n) is 1.96. The maximum absolute atomic E-state index is 11.7. The average molecular weight is 291 g/mol. The van der Waals surface area contributed by atoms with Crippen LogP contribution in [0.2, 0.25) is 0 Å². The third-order valence-corrected chi connectivity index (χ3v) is 3.19. The second kappa shape index (κ2) is 10.9. The molecule has 0 spiro atoms. The first-order valence-electron chi connectivity index (χ1n) is 7.73. The first-order valence-corrected chi connectivity index (χ1v) is 7.73. The highest BCUT2D eigenvalue weighted by atomic mass is 16.5. The van der Waals surface area contributed by atoms with E-state index in [0.29, 0.717) is 12.2 Å². The van der Waals surface area contributed by atoms with Gasteiger partial charge in [-0.15, -0.1) is 0 Å². The van der Waals surface area contributed by atoms with E-state index >= 15 is 0 Å². The van der Waals surface area contributed by atoms with Crippen LogP contribution in [0.5, 0.6) is 0 Å². The number of esters is 1. The molecule has 0 aliphatic rings. The van der Waals surface area contributed by atoms with Crippen molar-refractivity contribution in [1.29, 1.82) is 0 Å². The van der Waals surface area contributed by atoms with Crippen LogP contribution in [0.3, 0.4) is 0 Å². The molecule has 1 rings (SSSR count). The van der Waals surface area contributed by atoms with Gasteiger partial charge in [0.2, 0.25) is 0 Å². The zero-order valence-corrected chi connectivity index (χ0v) is 12.8. The summed E-state index contributed by atoms with van der Waals surface area (Å²) in [7, 11) is 0. The third kappa shape index (κ3) is 8.12. The van der Waals surface area contributed by atoms with Crippen molar-refractivity contribution in [1.82, 2.24) is 5.32 Å². The second-order valence-electron chi connectivity index (χ2n) is 5.04. The lowest BCUT2D eigenvalue weighted by molar-refractivity contribution is -0.142. The molecular weight excluding hydrogens is 266 g/mol. The van der Waals surface area contributed by atoms with Gasteiger partial charge in [0.05, 0.1) is 6.61 Å². The number of nitrogens with one attached hydrogen (secondary N) is 1. The zero-order chi connectivity index (χ0) is 15.3. The number of unbranched alkanes of at least 4 members (excludes halogenated alkanes) is 5. The highest BCUT2D eigenvalue weighted by Crippen LogP contribution is 2.04. The summed E-state index contributed by atoms with van der Waals surface area (Å²) in [5, 5.41) is 2.55. The molecule has 0 fully saturated rings. The van der Waals surface area contributed by atoms with Crippen LogP contribution < -0.4 is 5.32 Å². The van der Waals surface area contributed by atoms with Crippen LogP contribution >= 0.6 is 0 Å². The second-order valence-corrected chi connectivity index (χ2v) is 5.04. The molecule has 0 saturated carbocycles. The van der Waals surface area contributed by atoms with Crippen LogP contribution in [0, 0.1) is 0 Å². The topological polar surface area (TPSA) is 55.4 Å². The first kappa shape index (κ1) is 17.2. The van der Waals surface area contributed by atoms with Gasteiger partial charge in [0.25, 0.3) is 5.91 Å². The van der Waals surface area contributed by atoms with Crippen LogP contribution in [-0.2, 0) is 9.53 Å². The fourth-order valence-corrected chi connectivity index (χ4v) is 1.96. The molecule has 1 N–H and O–H groups in total. The van der Waals surface area contributed by atoms with Crippen molar-refractivity contribution in [2.24, 2.45) is 0 Å². The Kier molecular flexibility index (Phi) is 8.93. The van der Waals surface area contributed by atoms with E-state index in [9.17, 15) is 9.59 Å². The number of carbonyl (C=O) groups is 2. The number of ether oxygens (including phenoxy) is 1. The van der Waals surface area contributed by atoms with E-state index in [-0.39, 0.29) is 18.4 Å². The van der Waals surface area contributed by atoms with Crippen molar-refractivity contribution in [2.45, 2.75) is 45.4 Å². The maximum atomic E-state index is 11.7. The Morgan fingerprint density at radius 1 is 1.00 bits per heavy atom. The third-order valence-electron chi connectivity index (χ3n) is 3.19. The van der Waals surface area contributed by atoms with Crippen LogP contribution in [0.15, 0.2) is 30.3 Å². The summed E-state index contributed by atoms with van der Waals surface area (Å²) < 4.78 is 5.08. The molecule has 1 aromatic rings. The summed E-state index contributed by atoms with van der Waals surface area (Å²) >= 11 is 0. The van der Waals surface area contributed by atoms with Crippen molar-refractivity contribution in [3.05, 3.63) is 35.9 Å². The largest absolute Gasteiger partial charge is 0.464 e. The van der Waals surface area contributed by atoms with Crippen molar-refractivity contribution < 1.29 is 14.3 Å². The molecule has 0 aliphatic heterocycles. The van der Waals surface area contributed by atoms with E-state index in [1.165, 1.54) is 25.7 Å². The molecular formula is C17H25NO3. The molecule has 116 valence electrons. The number of hydrogen-bond donors (Lipinski definition) is 1. The van der Waals surface area contributed by atoms with E-state index in [0.717, 1.165) is 12.8 Å². The van der Waals surface area contributed by atoms with Gasteiger partial charge in [-0.1, -0.05) is 57.2 Å². The Morgan fingerprint density at radius 2 is 1.67 bits per heavy atom. The van der Waals surface area contributed by atoms with Gasteiger partial charge < -0.3 is 10.1 Å². The summed E-state index contributed by atoms with van der Waals surface area (Å²) in [4.78, 5) is 23.2. The number of carbonyl (C=O) groups excluding carboxylic acids is 2. The Morgan fingerprint density at radius 3 is 2.38 bits per heavy atom. The molecule has 4 heteroatoms. The Balaban J connectivity index is 2.05. The molecule has 0 heterocycles. The van der Waals surface area contributed by atoms with E-state index in [2.05, 4.69) is 12.2 Å². The van der Waals surface area contributed by atoms with Gasteiger partial charge in [-0.05, 0) is 18.6 Å². The lowest BCUT2D eigenvalue weighted by atomic mass is 10.1. The quantitative estimate of drug-likeness (QED) is 0.531. The lowest BCUT2D eigenvalue weighted by Gasteiger charge is -2.06. The van der Waals surface area contributed by atoms with Gasteiger partial charge in [-0.25, -0.2) is 0 Å². The molecule has 0 radical (unpaired) electrons. The van der Waals surface area contributed by atoms with Crippen molar-refractivity contribution in [2.75, 3.05) is 13.2 Å². The number of benzene rings is 1. The highest BCUT2D eigenvalue weighted by Gasteiger charge is 2.07. The standard InChI is InChI=1S/C17H25NO3/c1-2-3-4-5-6-10-13-21-16(19)14-18-17(20)15-11-8-7-9-12-15/h7-9,11-12H,2-6,10,13-14H2,1H3,(H,18,20). The Bertz CT molecular complexity index is 417. The molecule has 0 atom stereocenters. The normalized spacial score (nSPS) is 10.1. The van der Waals surface area contributed by atoms with Crippen molar-refractivity contribution in [3.63, 3.8) is 0 Å². The predicted octanol–water partition coefficient (Wildman–Crippen LogP) is 3.32. The van der Waals surface area contributed by atoms with Crippen LogP contribution in [-0.4, -0.2) is 25.0 Å². The van der Waals surface area contributed by atoms with E-state index in [4.69, 9.17) is 4.74 Å². The summed E-state index contributed by atoms with van der Waals surface area (Å²) in [6.07, 6.45) is 6.92. The SMILES string of the molecule is CCCCCCCCOC(=O)CNC(=O)c1ccccc1. The van der Waals surface area contributed by atoms with Gasteiger partial charge in [0.15, 0.2) is 0 Å².